The minimum atomic E-state index is 0.212. The van der Waals surface area contributed by atoms with Gasteiger partial charge >= 0.3 is 0 Å². The average Bonchev–Trinajstić information content (AvgIpc) is 3.42. The number of hydrogen-bond donors (Lipinski definition) is 1. The second kappa shape index (κ2) is 6.53. The van der Waals surface area contributed by atoms with Gasteiger partial charge in [0.15, 0.2) is 0 Å². The Balaban J connectivity index is 1.60. The summed E-state index contributed by atoms with van der Waals surface area (Å²) in [6.45, 7) is 3.12. The van der Waals surface area contributed by atoms with E-state index in [-0.39, 0.29) is 5.54 Å². The van der Waals surface area contributed by atoms with Gasteiger partial charge in [-0.25, -0.2) is 0 Å². The number of benzene rings is 3. The normalized spacial score (nSPS) is 22.1. The van der Waals surface area contributed by atoms with Crippen molar-refractivity contribution < 1.29 is 4.74 Å². The molecule has 2 atom stereocenters. The highest BCUT2D eigenvalue weighted by Crippen LogP contribution is 2.53. The van der Waals surface area contributed by atoms with Crippen LogP contribution in [0.1, 0.15) is 36.8 Å². The number of rotatable bonds is 6. The smallest absolute Gasteiger partial charge is 0.123 e. The Morgan fingerprint density at radius 1 is 1.00 bits per heavy atom. The van der Waals surface area contributed by atoms with Gasteiger partial charge in [0, 0.05) is 23.6 Å². The summed E-state index contributed by atoms with van der Waals surface area (Å²) in [5, 5.41) is 6.41. The lowest BCUT2D eigenvalue weighted by atomic mass is 10.0. The van der Waals surface area contributed by atoms with Crippen LogP contribution in [0, 0.1) is 0 Å². The lowest BCUT2D eigenvalue weighted by Gasteiger charge is -2.20. The van der Waals surface area contributed by atoms with E-state index >= 15 is 0 Å². The van der Waals surface area contributed by atoms with Crippen LogP contribution in [-0.4, -0.2) is 12.6 Å². The monoisotopic (exact) mass is 331 g/mol. The maximum Gasteiger partial charge on any atom is 0.123 e. The molecular formula is C23H25NO. The SMILES string of the molecule is CCC1(NCc2c(OC)ccc3ccccc23)CC1c1ccccc1. The van der Waals surface area contributed by atoms with Crippen LogP contribution in [-0.2, 0) is 6.54 Å². The van der Waals surface area contributed by atoms with Crippen molar-refractivity contribution >= 4 is 10.8 Å². The van der Waals surface area contributed by atoms with E-state index in [0.29, 0.717) is 5.92 Å². The van der Waals surface area contributed by atoms with E-state index in [1.807, 2.05) is 0 Å². The van der Waals surface area contributed by atoms with Crippen molar-refractivity contribution in [2.75, 3.05) is 7.11 Å². The van der Waals surface area contributed by atoms with Crippen LogP contribution in [0.2, 0.25) is 0 Å². The minimum Gasteiger partial charge on any atom is -0.496 e. The molecule has 2 unspecified atom stereocenters. The van der Waals surface area contributed by atoms with Crippen molar-refractivity contribution in [2.24, 2.45) is 0 Å². The topological polar surface area (TPSA) is 21.3 Å². The third-order valence-electron chi connectivity index (χ3n) is 5.74. The highest BCUT2D eigenvalue weighted by molar-refractivity contribution is 5.87. The van der Waals surface area contributed by atoms with Gasteiger partial charge in [-0.3, -0.25) is 0 Å². The van der Waals surface area contributed by atoms with E-state index < -0.39 is 0 Å². The zero-order chi connectivity index (χ0) is 17.3. The molecule has 1 fully saturated rings. The molecule has 0 amide bonds. The molecule has 0 radical (unpaired) electrons. The van der Waals surface area contributed by atoms with Crippen molar-refractivity contribution in [3.05, 3.63) is 77.9 Å². The van der Waals surface area contributed by atoms with Gasteiger partial charge in [0.2, 0.25) is 0 Å². The van der Waals surface area contributed by atoms with Gasteiger partial charge in [0.05, 0.1) is 7.11 Å². The second-order valence-corrected chi connectivity index (χ2v) is 7.00. The van der Waals surface area contributed by atoms with Gasteiger partial charge in [-0.1, -0.05) is 67.6 Å². The van der Waals surface area contributed by atoms with Crippen LogP contribution >= 0.6 is 0 Å². The van der Waals surface area contributed by atoms with E-state index in [2.05, 4.69) is 79.0 Å². The molecule has 4 rings (SSSR count). The highest BCUT2D eigenvalue weighted by Gasteiger charge is 2.52. The molecule has 0 spiro atoms. The highest BCUT2D eigenvalue weighted by atomic mass is 16.5. The van der Waals surface area contributed by atoms with Gasteiger partial charge < -0.3 is 10.1 Å². The zero-order valence-electron chi connectivity index (χ0n) is 15.0. The van der Waals surface area contributed by atoms with Crippen molar-refractivity contribution in [3.63, 3.8) is 0 Å². The molecule has 0 bridgehead atoms. The Bertz CT molecular complexity index is 874. The third kappa shape index (κ3) is 2.91. The van der Waals surface area contributed by atoms with Crippen LogP contribution in [0.15, 0.2) is 66.7 Å². The maximum absolute atomic E-state index is 5.64. The molecule has 3 aromatic carbocycles. The summed E-state index contributed by atoms with van der Waals surface area (Å²) in [7, 11) is 1.76. The van der Waals surface area contributed by atoms with Crippen molar-refractivity contribution in [1.29, 1.82) is 0 Å². The number of methoxy groups -OCH3 is 1. The van der Waals surface area contributed by atoms with E-state index in [0.717, 1.165) is 18.7 Å². The number of ether oxygens (including phenoxy) is 1. The first-order chi connectivity index (χ1) is 12.3. The fourth-order valence-electron chi connectivity index (χ4n) is 4.09. The Labute approximate surface area is 149 Å². The molecule has 25 heavy (non-hydrogen) atoms. The van der Waals surface area contributed by atoms with Crippen LogP contribution in [0.25, 0.3) is 10.8 Å². The van der Waals surface area contributed by atoms with Crippen molar-refractivity contribution in [3.8, 4) is 5.75 Å². The first-order valence-electron chi connectivity index (χ1n) is 9.12. The van der Waals surface area contributed by atoms with E-state index in [9.17, 15) is 0 Å². The molecule has 3 aromatic rings. The lowest BCUT2D eigenvalue weighted by molar-refractivity contribution is 0.402. The Morgan fingerprint density at radius 2 is 1.76 bits per heavy atom. The van der Waals surface area contributed by atoms with Crippen LogP contribution < -0.4 is 10.1 Å². The van der Waals surface area contributed by atoms with Crippen molar-refractivity contribution in [1.82, 2.24) is 5.32 Å². The molecule has 0 saturated heterocycles. The summed E-state index contributed by atoms with van der Waals surface area (Å²) in [6, 6.07) is 23.6. The summed E-state index contributed by atoms with van der Waals surface area (Å²) in [6.07, 6.45) is 2.35. The number of hydrogen-bond acceptors (Lipinski definition) is 2. The van der Waals surface area contributed by atoms with Gasteiger partial charge in [-0.2, -0.15) is 0 Å². The molecule has 0 aromatic heterocycles. The minimum absolute atomic E-state index is 0.212. The van der Waals surface area contributed by atoms with Crippen LogP contribution in [0.3, 0.4) is 0 Å². The zero-order valence-corrected chi connectivity index (χ0v) is 15.0. The molecule has 1 aliphatic rings. The standard InChI is InChI=1S/C23H25NO/c1-3-23(15-21(23)18-10-5-4-6-11-18)24-16-20-19-12-8-7-9-17(19)13-14-22(20)25-2/h4-14,21,24H,3,15-16H2,1-2H3. The molecule has 0 aliphatic heterocycles. The summed E-state index contributed by atoms with van der Waals surface area (Å²) in [5.41, 5.74) is 2.91. The molecule has 1 saturated carbocycles. The Hall–Kier alpha value is -2.32. The second-order valence-electron chi connectivity index (χ2n) is 7.00. The first-order valence-corrected chi connectivity index (χ1v) is 9.12. The van der Waals surface area contributed by atoms with E-state index in [1.165, 1.54) is 28.3 Å². The molecular weight excluding hydrogens is 306 g/mol. The van der Waals surface area contributed by atoms with E-state index in [4.69, 9.17) is 4.74 Å². The third-order valence-corrected chi connectivity index (χ3v) is 5.74. The molecule has 2 heteroatoms. The summed E-state index contributed by atoms with van der Waals surface area (Å²) >= 11 is 0. The Kier molecular flexibility index (Phi) is 4.22. The quantitative estimate of drug-likeness (QED) is 0.664. The number of nitrogens with one attached hydrogen (secondary N) is 1. The lowest BCUT2D eigenvalue weighted by Crippen LogP contribution is -2.32. The predicted octanol–water partition coefficient (Wildman–Crippen LogP) is 5.27. The molecule has 2 nitrogen and oxygen atoms in total. The molecule has 128 valence electrons. The van der Waals surface area contributed by atoms with Gasteiger partial charge in [0.1, 0.15) is 5.75 Å². The Morgan fingerprint density at radius 3 is 2.52 bits per heavy atom. The molecule has 1 N–H and O–H groups in total. The van der Waals surface area contributed by atoms with Gasteiger partial charge in [-0.15, -0.1) is 0 Å². The summed E-state index contributed by atoms with van der Waals surface area (Å²) in [5.74, 6) is 1.58. The van der Waals surface area contributed by atoms with Gasteiger partial charge in [0.25, 0.3) is 0 Å². The molecule has 1 aliphatic carbocycles. The average molecular weight is 331 g/mol. The van der Waals surface area contributed by atoms with Crippen molar-refractivity contribution in [2.45, 2.75) is 37.8 Å². The predicted molar refractivity (Wildman–Crippen MR) is 104 cm³/mol. The summed E-state index contributed by atoms with van der Waals surface area (Å²) in [4.78, 5) is 0. The largest absolute Gasteiger partial charge is 0.496 e. The van der Waals surface area contributed by atoms with Crippen LogP contribution in [0.4, 0.5) is 0 Å². The fraction of sp³-hybridized carbons (Fsp3) is 0.304. The summed E-state index contributed by atoms with van der Waals surface area (Å²) < 4.78 is 5.64. The first kappa shape index (κ1) is 16.2. The molecule has 0 heterocycles. The maximum atomic E-state index is 5.64. The van der Waals surface area contributed by atoms with Gasteiger partial charge in [-0.05, 0) is 35.2 Å². The van der Waals surface area contributed by atoms with E-state index in [1.54, 1.807) is 7.11 Å². The number of fused-ring (bicyclic) bond motifs is 1. The fourth-order valence-corrected chi connectivity index (χ4v) is 4.09. The van der Waals surface area contributed by atoms with Crippen LogP contribution in [0.5, 0.6) is 5.75 Å².